The highest BCUT2D eigenvalue weighted by Gasteiger charge is 1.98. The van der Waals surface area contributed by atoms with Gasteiger partial charge in [-0.3, -0.25) is 0 Å². The van der Waals surface area contributed by atoms with Crippen molar-refractivity contribution in [3.8, 4) is 0 Å². The first-order chi connectivity index (χ1) is 6.70. The van der Waals surface area contributed by atoms with E-state index in [1.165, 1.54) is 0 Å². The molecule has 0 saturated carbocycles. The second-order valence-electron chi connectivity index (χ2n) is 2.40. The molecule has 80 valence electrons. The van der Waals surface area contributed by atoms with Crippen LogP contribution in [-0.2, 0) is 19.1 Å². The molecule has 0 aliphatic rings. The van der Waals surface area contributed by atoms with Crippen molar-refractivity contribution in [2.24, 2.45) is 5.73 Å². The molecule has 0 unspecified atom stereocenters. The van der Waals surface area contributed by atoms with Crippen LogP contribution in [0.4, 0.5) is 0 Å². The maximum Gasteiger partial charge on any atom is 0.331 e. The Balaban J connectivity index is 3.64. The first-order valence-corrected chi connectivity index (χ1v) is 4.42. The van der Waals surface area contributed by atoms with E-state index in [2.05, 4.69) is 4.74 Å². The fraction of sp³-hybridized carbons (Fsp3) is 0.556. The molecule has 2 N–H and O–H groups in total. The molecule has 0 spiro atoms. The van der Waals surface area contributed by atoms with Crippen molar-refractivity contribution in [1.82, 2.24) is 0 Å². The van der Waals surface area contributed by atoms with Crippen molar-refractivity contribution in [2.75, 3.05) is 19.8 Å². The molecule has 0 radical (unpaired) electrons. The lowest BCUT2D eigenvalue weighted by atomic mass is 10.4. The lowest BCUT2D eigenvalue weighted by Crippen LogP contribution is -2.08. The summed E-state index contributed by atoms with van der Waals surface area (Å²) in [4.78, 5) is 21.6. The van der Waals surface area contributed by atoms with Crippen LogP contribution in [0.5, 0.6) is 0 Å². The Morgan fingerprint density at radius 1 is 1.21 bits per heavy atom. The second kappa shape index (κ2) is 8.25. The Hall–Kier alpha value is -1.36. The van der Waals surface area contributed by atoms with Gasteiger partial charge in [0.2, 0.25) is 0 Å². The number of rotatable bonds is 6. The number of nitrogens with two attached hydrogens (primary N) is 1. The highest BCUT2D eigenvalue weighted by molar-refractivity contribution is 5.91. The Labute approximate surface area is 82.9 Å². The van der Waals surface area contributed by atoms with Crippen LogP contribution in [-0.4, -0.2) is 31.7 Å². The normalized spacial score (nSPS) is 10.1. The lowest BCUT2D eigenvalue weighted by Gasteiger charge is -1.99. The van der Waals surface area contributed by atoms with E-state index in [1.807, 2.05) is 0 Å². The molecule has 0 bridgehead atoms. The minimum atomic E-state index is -0.563. The predicted molar refractivity (Wildman–Crippen MR) is 50.4 cm³/mol. The summed E-state index contributed by atoms with van der Waals surface area (Å²) in [5.74, 6) is -1.12. The monoisotopic (exact) mass is 201 g/mol. The average molecular weight is 201 g/mol. The van der Waals surface area contributed by atoms with Gasteiger partial charge in [0.25, 0.3) is 0 Å². The molecule has 14 heavy (non-hydrogen) atoms. The fourth-order valence-corrected chi connectivity index (χ4v) is 0.631. The van der Waals surface area contributed by atoms with Crippen molar-refractivity contribution in [3.05, 3.63) is 12.2 Å². The fourth-order valence-electron chi connectivity index (χ4n) is 0.631. The average Bonchev–Trinajstić information content (AvgIpc) is 2.16. The maximum absolute atomic E-state index is 10.9. The van der Waals surface area contributed by atoms with E-state index < -0.39 is 11.9 Å². The minimum Gasteiger partial charge on any atom is -0.463 e. The minimum absolute atomic E-state index is 0.266. The zero-order chi connectivity index (χ0) is 10.8. The smallest absolute Gasteiger partial charge is 0.331 e. The molecule has 0 amide bonds. The first-order valence-electron chi connectivity index (χ1n) is 4.42. The molecule has 0 heterocycles. The van der Waals surface area contributed by atoms with Gasteiger partial charge < -0.3 is 15.2 Å². The molecular formula is C9H15NO4. The molecule has 0 aromatic carbocycles. The van der Waals surface area contributed by atoms with E-state index in [-0.39, 0.29) is 13.2 Å². The van der Waals surface area contributed by atoms with Crippen molar-refractivity contribution >= 4 is 11.9 Å². The Morgan fingerprint density at radius 2 is 1.79 bits per heavy atom. The van der Waals surface area contributed by atoms with Gasteiger partial charge in [-0.05, 0) is 19.9 Å². The summed E-state index contributed by atoms with van der Waals surface area (Å²) in [6.45, 7) is 2.70. The molecule has 0 aromatic rings. The third-order valence-electron chi connectivity index (χ3n) is 1.23. The van der Waals surface area contributed by atoms with Gasteiger partial charge in [0, 0.05) is 12.2 Å². The predicted octanol–water partition coefficient (Wildman–Crippen LogP) is -0.00230. The van der Waals surface area contributed by atoms with Crippen LogP contribution in [0.3, 0.4) is 0 Å². The van der Waals surface area contributed by atoms with E-state index in [4.69, 9.17) is 10.5 Å². The standard InChI is InChI=1S/C9H15NO4/c1-2-13-8(11)4-5-9(12)14-7-3-6-10/h4-5H,2-3,6-7,10H2,1H3/b5-4-. The number of ether oxygens (including phenoxy) is 2. The number of esters is 2. The third kappa shape index (κ3) is 7.30. The van der Waals surface area contributed by atoms with Crippen LogP contribution in [0.2, 0.25) is 0 Å². The summed E-state index contributed by atoms with van der Waals surface area (Å²) in [7, 11) is 0. The highest BCUT2D eigenvalue weighted by atomic mass is 16.5. The number of carbonyl (C=O) groups is 2. The molecule has 0 atom stereocenters. The molecule has 5 nitrogen and oxygen atoms in total. The van der Waals surface area contributed by atoms with Crippen LogP contribution < -0.4 is 5.73 Å². The van der Waals surface area contributed by atoms with Gasteiger partial charge in [-0.25, -0.2) is 9.59 Å². The SMILES string of the molecule is CCOC(=O)/C=C\C(=O)OCCCN. The summed E-state index contributed by atoms with van der Waals surface area (Å²) in [5.41, 5.74) is 5.19. The van der Waals surface area contributed by atoms with Gasteiger partial charge in [-0.1, -0.05) is 0 Å². The molecule has 0 saturated heterocycles. The zero-order valence-electron chi connectivity index (χ0n) is 8.19. The van der Waals surface area contributed by atoms with Gasteiger partial charge >= 0.3 is 11.9 Å². The summed E-state index contributed by atoms with van der Waals surface area (Å²) >= 11 is 0. The molecule has 0 aliphatic heterocycles. The van der Waals surface area contributed by atoms with Gasteiger partial charge in [-0.2, -0.15) is 0 Å². The molecule has 0 aromatic heterocycles. The first kappa shape index (κ1) is 12.6. The van der Waals surface area contributed by atoms with Gasteiger partial charge in [0.05, 0.1) is 13.2 Å². The number of hydrogen-bond donors (Lipinski definition) is 1. The summed E-state index contributed by atoms with van der Waals surface area (Å²) in [6.07, 6.45) is 2.68. The van der Waals surface area contributed by atoms with Crippen molar-refractivity contribution < 1.29 is 19.1 Å². The van der Waals surface area contributed by atoms with Crippen molar-refractivity contribution in [3.63, 3.8) is 0 Å². The zero-order valence-corrected chi connectivity index (χ0v) is 8.19. The Bertz CT molecular complexity index is 213. The van der Waals surface area contributed by atoms with E-state index in [1.54, 1.807) is 6.92 Å². The molecule has 5 heteroatoms. The van der Waals surface area contributed by atoms with E-state index in [0.717, 1.165) is 12.2 Å². The van der Waals surface area contributed by atoms with Gasteiger partial charge in [-0.15, -0.1) is 0 Å². The van der Waals surface area contributed by atoms with Gasteiger partial charge in [0.15, 0.2) is 0 Å². The van der Waals surface area contributed by atoms with E-state index >= 15 is 0 Å². The molecule has 0 aliphatic carbocycles. The maximum atomic E-state index is 10.9. The molecule has 0 fully saturated rings. The Kier molecular flexibility index (Phi) is 7.45. The van der Waals surface area contributed by atoms with E-state index in [0.29, 0.717) is 13.0 Å². The highest BCUT2D eigenvalue weighted by Crippen LogP contribution is 1.86. The van der Waals surface area contributed by atoms with Crippen LogP contribution in [0.25, 0.3) is 0 Å². The van der Waals surface area contributed by atoms with Crippen LogP contribution >= 0.6 is 0 Å². The lowest BCUT2D eigenvalue weighted by molar-refractivity contribution is -0.140. The topological polar surface area (TPSA) is 78.6 Å². The summed E-state index contributed by atoms with van der Waals surface area (Å²) in [5, 5.41) is 0. The molecule has 0 rings (SSSR count). The number of hydrogen-bond acceptors (Lipinski definition) is 5. The number of carbonyl (C=O) groups excluding carboxylic acids is 2. The van der Waals surface area contributed by atoms with Crippen molar-refractivity contribution in [2.45, 2.75) is 13.3 Å². The third-order valence-corrected chi connectivity index (χ3v) is 1.23. The van der Waals surface area contributed by atoms with E-state index in [9.17, 15) is 9.59 Å². The van der Waals surface area contributed by atoms with Crippen molar-refractivity contribution in [1.29, 1.82) is 0 Å². The van der Waals surface area contributed by atoms with Crippen LogP contribution in [0.15, 0.2) is 12.2 Å². The van der Waals surface area contributed by atoms with Crippen LogP contribution in [0.1, 0.15) is 13.3 Å². The quantitative estimate of drug-likeness (QED) is 0.371. The summed E-state index contributed by atoms with van der Waals surface area (Å²) < 4.78 is 9.26. The molecular weight excluding hydrogens is 186 g/mol. The Morgan fingerprint density at radius 3 is 2.29 bits per heavy atom. The van der Waals surface area contributed by atoms with Gasteiger partial charge in [0.1, 0.15) is 0 Å². The summed E-state index contributed by atoms with van der Waals surface area (Å²) in [6, 6.07) is 0. The van der Waals surface area contributed by atoms with Crippen LogP contribution in [0, 0.1) is 0 Å². The largest absolute Gasteiger partial charge is 0.463 e. The second-order valence-corrected chi connectivity index (χ2v) is 2.40.